The van der Waals surface area contributed by atoms with E-state index >= 15 is 0 Å². The second kappa shape index (κ2) is 9.34. The van der Waals surface area contributed by atoms with Gasteiger partial charge < -0.3 is 14.6 Å². The summed E-state index contributed by atoms with van der Waals surface area (Å²) in [5.74, 6) is 0.108. The molecule has 0 saturated carbocycles. The van der Waals surface area contributed by atoms with Gasteiger partial charge in [0.2, 0.25) is 21.2 Å². The summed E-state index contributed by atoms with van der Waals surface area (Å²) in [7, 11) is -2.70. The molecule has 0 aliphatic heterocycles. The molecule has 35 heavy (non-hydrogen) atoms. The van der Waals surface area contributed by atoms with Gasteiger partial charge in [-0.05, 0) is 80.4 Å². The van der Waals surface area contributed by atoms with Gasteiger partial charge in [0.25, 0.3) is 0 Å². The predicted octanol–water partition coefficient (Wildman–Crippen LogP) is 3.80. The van der Waals surface area contributed by atoms with Crippen LogP contribution in [0.2, 0.25) is 0 Å². The first kappa shape index (κ1) is 24.2. The minimum atomic E-state index is -4.17. The number of ether oxygens (including phenoxy) is 1. The van der Waals surface area contributed by atoms with Crippen LogP contribution in [0.4, 0.5) is 5.69 Å². The van der Waals surface area contributed by atoms with E-state index in [2.05, 4.69) is 10.3 Å². The minimum absolute atomic E-state index is 0.0547. The van der Waals surface area contributed by atoms with Crippen molar-refractivity contribution in [3.8, 4) is 5.75 Å². The molecule has 4 rings (SSSR count). The molecule has 0 saturated heterocycles. The van der Waals surface area contributed by atoms with E-state index < -0.39 is 20.2 Å². The Kier molecular flexibility index (Phi) is 6.45. The van der Waals surface area contributed by atoms with Crippen LogP contribution in [0.3, 0.4) is 0 Å². The lowest BCUT2D eigenvalue weighted by atomic mass is 10.1. The van der Waals surface area contributed by atoms with E-state index in [1.165, 1.54) is 48.2 Å². The van der Waals surface area contributed by atoms with Crippen LogP contribution in [0, 0.1) is 20.8 Å². The fraction of sp³-hybridized carbons (Fsp3) is 0.192. The Morgan fingerprint density at radius 1 is 1.00 bits per heavy atom. The number of aryl methyl sites for hydroxylation is 3. The van der Waals surface area contributed by atoms with Crippen LogP contribution in [0.15, 0.2) is 75.4 Å². The number of hydrogen-bond donors (Lipinski definition) is 1. The summed E-state index contributed by atoms with van der Waals surface area (Å²) < 4.78 is 33.3. The number of carbonyl (C=O) groups excluding carboxylic acids is 1. The molecule has 4 aromatic rings. The highest BCUT2D eigenvalue weighted by atomic mass is 32.2. The summed E-state index contributed by atoms with van der Waals surface area (Å²) in [6, 6.07) is 14.5. The highest BCUT2D eigenvalue weighted by Gasteiger charge is 2.25. The number of hydrogen-bond acceptors (Lipinski definition) is 6. The number of nitrogens with zero attached hydrogens (tertiary/aromatic N) is 2. The van der Waals surface area contributed by atoms with Crippen LogP contribution < -0.4 is 15.5 Å². The number of pyridine rings is 2. The maximum atomic E-state index is 13.4. The Morgan fingerprint density at radius 2 is 1.71 bits per heavy atom. The van der Waals surface area contributed by atoms with Crippen molar-refractivity contribution in [1.29, 1.82) is 0 Å². The molecule has 9 heteroatoms. The standard InChI is InChI=1S/C26H25N3O5S/c1-16-5-7-19(13-17(16)2)28-24(30)15-29-14-23(25(31)22-12-6-18(3)27-26(22)29)35(32,33)21-10-8-20(34-4)9-11-21/h5-14H,15H2,1-4H3,(H,28,30). The molecule has 1 N–H and O–H groups in total. The molecule has 2 heterocycles. The molecule has 8 nitrogen and oxygen atoms in total. The second-order valence-corrected chi connectivity index (χ2v) is 10.2. The topological polar surface area (TPSA) is 107 Å². The van der Waals surface area contributed by atoms with Gasteiger partial charge in [-0.2, -0.15) is 0 Å². The van der Waals surface area contributed by atoms with E-state index in [-0.39, 0.29) is 28.4 Å². The molecule has 2 aromatic carbocycles. The van der Waals surface area contributed by atoms with Gasteiger partial charge in [0.1, 0.15) is 22.8 Å². The van der Waals surface area contributed by atoms with Crippen LogP contribution in [-0.2, 0) is 21.2 Å². The van der Waals surface area contributed by atoms with Gasteiger partial charge >= 0.3 is 0 Å². The van der Waals surface area contributed by atoms with Gasteiger partial charge in [-0.1, -0.05) is 6.07 Å². The van der Waals surface area contributed by atoms with Crippen molar-refractivity contribution in [3.63, 3.8) is 0 Å². The molecule has 0 atom stereocenters. The number of rotatable bonds is 6. The van der Waals surface area contributed by atoms with Crippen LogP contribution >= 0.6 is 0 Å². The van der Waals surface area contributed by atoms with Crippen molar-refractivity contribution in [2.24, 2.45) is 0 Å². The first-order valence-corrected chi connectivity index (χ1v) is 12.4. The van der Waals surface area contributed by atoms with Crippen molar-refractivity contribution in [3.05, 3.63) is 87.8 Å². The SMILES string of the molecule is COc1ccc(S(=O)(=O)c2cn(CC(=O)Nc3ccc(C)c(C)c3)c3nc(C)ccc3c2=O)cc1. The number of fused-ring (bicyclic) bond motifs is 1. The number of methoxy groups -OCH3 is 1. The average Bonchev–Trinajstić information content (AvgIpc) is 2.83. The molecular weight excluding hydrogens is 466 g/mol. The van der Waals surface area contributed by atoms with Gasteiger partial charge in [0.15, 0.2) is 0 Å². The lowest BCUT2D eigenvalue weighted by Crippen LogP contribution is -2.24. The predicted molar refractivity (Wildman–Crippen MR) is 134 cm³/mol. The zero-order valence-electron chi connectivity index (χ0n) is 19.8. The number of anilines is 1. The Bertz CT molecular complexity index is 1610. The summed E-state index contributed by atoms with van der Waals surface area (Å²) in [6.45, 7) is 5.45. The highest BCUT2D eigenvalue weighted by Crippen LogP contribution is 2.23. The number of sulfone groups is 1. The zero-order valence-corrected chi connectivity index (χ0v) is 20.6. The smallest absolute Gasteiger partial charge is 0.244 e. The van der Waals surface area contributed by atoms with Crippen LogP contribution in [0.1, 0.15) is 16.8 Å². The molecule has 1 amide bonds. The van der Waals surface area contributed by atoms with E-state index in [4.69, 9.17) is 4.74 Å². The third-order valence-electron chi connectivity index (χ3n) is 5.79. The fourth-order valence-corrected chi connectivity index (χ4v) is 5.07. The monoisotopic (exact) mass is 491 g/mol. The molecule has 180 valence electrons. The van der Waals surface area contributed by atoms with E-state index in [1.807, 2.05) is 26.0 Å². The fourth-order valence-electron chi connectivity index (χ4n) is 3.70. The summed E-state index contributed by atoms with van der Waals surface area (Å²) in [5.41, 5.74) is 2.95. The largest absolute Gasteiger partial charge is 0.497 e. The Hall–Kier alpha value is -3.98. The number of benzene rings is 2. The van der Waals surface area contributed by atoms with Gasteiger partial charge in [-0.25, -0.2) is 13.4 Å². The van der Waals surface area contributed by atoms with Crippen molar-refractivity contribution in [2.75, 3.05) is 12.4 Å². The van der Waals surface area contributed by atoms with Gasteiger partial charge in [0, 0.05) is 17.6 Å². The van der Waals surface area contributed by atoms with Crippen LogP contribution in [0.5, 0.6) is 5.75 Å². The third-order valence-corrected chi connectivity index (χ3v) is 7.55. The first-order chi connectivity index (χ1) is 16.6. The van der Waals surface area contributed by atoms with Crippen molar-refractivity contribution < 1.29 is 17.9 Å². The summed E-state index contributed by atoms with van der Waals surface area (Å²) in [4.78, 5) is 30.0. The normalized spacial score (nSPS) is 11.4. The highest BCUT2D eigenvalue weighted by molar-refractivity contribution is 7.91. The van der Waals surface area contributed by atoms with Crippen molar-refractivity contribution in [2.45, 2.75) is 37.1 Å². The van der Waals surface area contributed by atoms with E-state index in [9.17, 15) is 18.0 Å². The summed E-state index contributed by atoms with van der Waals surface area (Å²) in [6.07, 6.45) is 1.19. The van der Waals surface area contributed by atoms with E-state index in [1.54, 1.807) is 19.1 Å². The van der Waals surface area contributed by atoms with Crippen molar-refractivity contribution >= 4 is 32.5 Å². The quantitative estimate of drug-likeness (QED) is 0.440. The number of nitrogens with one attached hydrogen (secondary N) is 1. The van der Waals surface area contributed by atoms with Gasteiger partial charge in [-0.15, -0.1) is 0 Å². The maximum Gasteiger partial charge on any atom is 0.244 e. The van der Waals surface area contributed by atoms with E-state index in [0.717, 1.165) is 11.1 Å². The number of amides is 1. The zero-order chi connectivity index (χ0) is 25.3. The lowest BCUT2D eigenvalue weighted by Gasteiger charge is -2.14. The molecular formula is C26H25N3O5S. The van der Waals surface area contributed by atoms with Crippen LogP contribution in [-0.4, -0.2) is 31.0 Å². The van der Waals surface area contributed by atoms with E-state index in [0.29, 0.717) is 17.1 Å². The molecule has 0 bridgehead atoms. The first-order valence-electron chi connectivity index (χ1n) is 10.9. The average molecular weight is 492 g/mol. The molecule has 0 fully saturated rings. The molecule has 0 radical (unpaired) electrons. The van der Waals surface area contributed by atoms with Gasteiger partial charge in [0.05, 0.1) is 17.4 Å². The molecule has 2 aromatic heterocycles. The second-order valence-electron chi connectivity index (χ2n) is 8.30. The van der Waals surface area contributed by atoms with Crippen LogP contribution in [0.25, 0.3) is 11.0 Å². The van der Waals surface area contributed by atoms with Crippen molar-refractivity contribution in [1.82, 2.24) is 9.55 Å². The molecule has 0 unspecified atom stereocenters. The molecule has 0 aliphatic carbocycles. The summed E-state index contributed by atoms with van der Waals surface area (Å²) >= 11 is 0. The lowest BCUT2D eigenvalue weighted by molar-refractivity contribution is -0.116. The number of aromatic nitrogens is 2. The maximum absolute atomic E-state index is 13.4. The summed E-state index contributed by atoms with van der Waals surface area (Å²) in [5, 5.41) is 2.94. The Balaban J connectivity index is 1.79. The molecule has 0 spiro atoms. The minimum Gasteiger partial charge on any atom is -0.497 e. The Labute approximate surface area is 203 Å². The third kappa shape index (κ3) is 4.81. The Morgan fingerprint density at radius 3 is 2.37 bits per heavy atom. The molecule has 0 aliphatic rings. The number of carbonyl (C=O) groups is 1. The van der Waals surface area contributed by atoms with Gasteiger partial charge in [-0.3, -0.25) is 9.59 Å².